The van der Waals surface area contributed by atoms with Crippen molar-refractivity contribution < 1.29 is 14.3 Å². The van der Waals surface area contributed by atoms with Crippen LogP contribution < -0.4 is 10.1 Å². The zero-order valence-electron chi connectivity index (χ0n) is 20.9. The molecule has 0 bridgehead atoms. The minimum absolute atomic E-state index is 0.0841. The monoisotopic (exact) mass is 514 g/mol. The Kier molecular flexibility index (Phi) is 6.56. The van der Waals surface area contributed by atoms with Crippen LogP contribution in [0.3, 0.4) is 0 Å². The van der Waals surface area contributed by atoms with Crippen LogP contribution in [0.1, 0.15) is 43.3 Å². The number of nitrogens with one attached hydrogen (secondary N) is 1. The Hall–Kier alpha value is -3.97. The van der Waals surface area contributed by atoms with Crippen LogP contribution in [-0.2, 0) is 34.3 Å². The largest absolute Gasteiger partial charge is 0.457 e. The van der Waals surface area contributed by atoms with Crippen LogP contribution >= 0.6 is 11.6 Å². The van der Waals surface area contributed by atoms with E-state index in [0.29, 0.717) is 28.8 Å². The quantitative estimate of drug-likeness (QED) is 0.334. The lowest BCUT2D eigenvalue weighted by molar-refractivity contribution is -0.118. The number of aromatic nitrogens is 3. The highest BCUT2D eigenvalue weighted by Gasteiger charge is 2.24. The third kappa shape index (κ3) is 5.57. The summed E-state index contributed by atoms with van der Waals surface area (Å²) < 4.78 is 7.83. The third-order valence-corrected chi connectivity index (χ3v) is 6.41. The number of anilines is 1. The second-order valence-corrected chi connectivity index (χ2v) is 10.6. The molecular weight excluding hydrogens is 488 g/mol. The molecule has 37 heavy (non-hydrogen) atoms. The molecule has 0 aliphatic carbocycles. The molecule has 188 valence electrons. The maximum absolute atomic E-state index is 13.1. The fraction of sp³-hybridized carbons (Fsp3) is 0.241. The van der Waals surface area contributed by atoms with Crippen LogP contribution in [0.2, 0.25) is 5.02 Å². The molecule has 2 aromatic heterocycles. The van der Waals surface area contributed by atoms with Gasteiger partial charge in [0.15, 0.2) is 0 Å². The number of carbonyl (C=O) groups is 2. The summed E-state index contributed by atoms with van der Waals surface area (Å²) in [7, 11) is 0. The minimum Gasteiger partial charge on any atom is -0.457 e. The van der Waals surface area contributed by atoms with Crippen LogP contribution in [0.5, 0.6) is 11.5 Å². The Morgan fingerprint density at radius 1 is 1.05 bits per heavy atom. The van der Waals surface area contributed by atoms with Gasteiger partial charge < -0.3 is 10.1 Å². The number of rotatable bonds is 7. The molecule has 1 amide bonds. The first-order chi connectivity index (χ1) is 17.7. The predicted molar refractivity (Wildman–Crippen MR) is 143 cm³/mol. The Bertz CT molecular complexity index is 1470. The summed E-state index contributed by atoms with van der Waals surface area (Å²) in [6, 6.07) is 18.6. The smallest absolute Gasteiger partial charge is 0.230 e. The highest BCUT2D eigenvalue weighted by atomic mass is 35.5. The molecular formula is C29H27ClN4O3. The molecule has 5 rings (SSSR count). The number of Topliss-reactive ketones (excluding diaryl/α,β-unsaturated/α-hetero) is 1. The number of amides is 1. The highest BCUT2D eigenvalue weighted by Crippen LogP contribution is 2.33. The number of nitrogens with zero attached hydrogens (tertiary/aromatic N) is 3. The van der Waals surface area contributed by atoms with Crippen molar-refractivity contribution in [2.45, 2.75) is 45.4 Å². The normalized spacial score (nSPS) is 12.8. The molecule has 0 radical (unpaired) electrons. The van der Waals surface area contributed by atoms with Crippen molar-refractivity contribution in [2.75, 3.05) is 5.32 Å². The first kappa shape index (κ1) is 24.7. The number of benzene rings is 2. The van der Waals surface area contributed by atoms with Gasteiger partial charge in [-0.1, -0.05) is 44.5 Å². The lowest BCUT2D eigenvalue weighted by Gasteiger charge is -2.14. The van der Waals surface area contributed by atoms with Gasteiger partial charge >= 0.3 is 0 Å². The Morgan fingerprint density at radius 2 is 1.78 bits per heavy atom. The summed E-state index contributed by atoms with van der Waals surface area (Å²) in [5.41, 5.74) is 4.12. The Morgan fingerprint density at radius 3 is 2.49 bits per heavy atom. The van der Waals surface area contributed by atoms with Crippen LogP contribution in [-0.4, -0.2) is 26.5 Å². The van der Waals surface area contributed by atoms with Gasteiger partial charge in [-0.15, -0.1) is 0 Å². The number of hydrogen-bond acceptors (Lipinski definition) is 5. The van der Waals surface area contributed by atoms with E-state index in [0.717, 1.165) is 28.2 Å². The van der Waals surface area contributed by atoms with Crippen LogP contribution in [0.4, 0.5) is 5.82 Å². The van der Waals surface area contributed by atoms with Crippen molar-refractivity contribution in [3.63, 3.8) is 0 Å². The van der Waals surface area contributed by atoms with Crippen molar-refractivity contribution in [3.05, 3.63) is 94.4 Å². The van der Waals surface area contributed by atoms with Gasteiger partial charge in [-0.3, -0.25) is 9.59 Å². The van der Waals surface area contributed by atoms with E-state index in [1.54, 1.807) is 12.3 Å². The van der Waals surface area contributed by atoms with Gasteiger partial charge in [0.05, 0.1) is 23.5 Å². The summed E-state index contributed by atoms with van der Waals surface area (Å²) >= 11 is 6.07. The average molecular weight is 515 g/mol. The summed E-state index contributed by atoms with van der Waals surface area (Å²) in [5.74, 6) is 1.74. The lowest BCUT2D eigenvalue weighted by atomic mass is 9.92. The van der Waals surface area contributed by atoms with Crippen LogP contribution in [0.25, 0.3) is 5.69 Å². The lowest BCUT2D eigenvalue weighted by Crippen LogP contribution is -2.13. The van der Waals surface area contributed by atoms with E-state index in [1.165, 1.54) is 0 Å². The molecule has 1 aliphatic heterocycles. The zero-order valence-corrected chi connectivity index (χ0v) is 21.7. The van der Waals surface area contributed by atoms with Crippen molar-refractivity contribution in [3.8, 4) is 17.2 Å². The second-order valence-electron chi connectivity index (χ2n) is 10.2. The highest BCUT2D eigenvalue weighted by molar-refractivity contribution is 6.30. The first-order valence-corrected chi connectivity index (χ1v) is 12.4. The molecule has 2 aromatic carbocycles. The fourth-order valence-electron chi connectivity index (χ4n) is 4.20. The maximum Gasteiger partial charge on any atom is 0.230 e. The van der Waals surface area contributed by atoms with Gasteiger partial charge in [0, 0.05) is 35.0 Å². The molecule has 0 unspecified atom stereocenters. The Labute approximate surface area is 220 Å². The molecule has 1 N–H and O–H groups in total. The second kappa shape index (κ2) is 9.82. The Balaban J connectivity index is 1.29. The molecule has 0 saturated carbocycles. The fourth-order valence-corrected chi connectivity index (χ4v) is 4.32. The van der Waals surface area contributed by atoms with Crippen molar-refractivity contribution in [1.82, 2.24) is 14.8 Å². The molecule has 0 saturated heterocycles. The van der Waals surface area contributed by atoms with Crippen LogP contribution in [0, 0.1) is 0 Å². The molecule has 1 aliphatic rings. The van der Waals surface area contributed by atoms with E-state index in [1.807, 2.05) is 59.3 Å². The van der Waals surface area contributed by atoms with Gasteiger partial charge in [-0.25, -0.2) is 9.67 Å². The SMILES string of the molecule is CC(C)(C)c1cc(CC(=O)Cc2ccc(Oc3ccnc4c3CC(=O)N4)cc2)n(-c2ccc(Cl)cc2)n1. The molecule has 4 aromatic rings. The van der Waals surface area contributed by atoms with Crippen LogP contribution in [0.15, 0.2) is 66.9 Å². The minimum atomic E-state index is -0.149. The molecule has 8 heteroatoms. The number of fused-ring (bicyclic) bond motifs is 1. The molecule has 0 atom stereocenters. The number of ether oxygens (including phenoxy) is 1. The van der Waals surface area contributed by atoms with Crippen molar-refractivity contribution in [2.24, 2.45) is 0 Å². The number of carbonyl (C=O) groups excluding carboxylic acids is 2. The number of hydrogen-bond donors (Lipinski definition) is 1. The maximum atomic E-state index is 13.1. The molecule has 0 spiro atoms. The molecule has 7 nitrogen and oxygen atoms in total. The van der Waals surface area contributed by atoms with E-state index in [9.17, 15) is 9.59 Å². The number of halogens is 1. The average Bonchev–Trinajstić information content (AvgIpc) is 3.44. The summed E-state index contributed by atoms with van der Waals surface area (Å²) in [6.07, 6.45) is 2.40. The molecule has 0 fully saturated rings. The van der Waals surface area contributed by atoms with Gasteiger partial charge in [0.2, 0.25) is 5.91 Å². The van der Waals surface area contributed by atoms with Gasteiger partial charge in [0.1, 0.15) is 23.1 Å². The summed E-state index contributed by atoms with van der Waals surface area (Å²) in [5, 5.41) is 8.17. The van der Waals surface area contributed by atoms with E-state index >= 15 is 0 Å². The van der Waals surface area contributed by atoms with E-state index in [4.69, 9.17) is 21.4 Å². The van der Waals surface area contributed by atoms with E-state index < -0.39 is 0 Å². The van der Waals surface area contributed by atoms with E-state index in [2.05, 4.69) is 31.1 Å². The molecule has 3 heterocycles. The van der Waals surface area contributed by atoms with Gasteiger partial charge in [-0.05, 0) is 54.1 Å². The standard InChI is InChI=1S/C29H27ClN4O3/c1-29(2,3)26-16-21(34(33-26)20-8-6-19(30)7-9-20)15-22(35)14-18-4-10-23(11-5-18)37-25-12-13-31-28-24(25)17-27(36)32-28/h4-13,16H,14-15,17H2,1-3H3,(H,31,32,36). The topological polar surface area (TPSA) is 86.1 Å². The number of ketones is 1. The summed E-state index contributed by atoms with van der Waals surface area (Å²) in [6.45, 7) is 6.31. The summed E-state index contributed by atoms with van der Waals surface area (Å²) in [4.78, 5) is 28.9. The number of pyridine rings is 1. The predicted octanol–water partition coefficient (Wildman–Crippen LogP) is 5.86. The van der Waals surface area contributed by atoms with Crippen molar-refractivity contribution in [1.29, 1.82) is 0 Å². The first-order valence-electron chi connectivity index (χ1n) is 12.1. The zero-order chi connectivity index (χ0) is 26.2. The van der Waals surface area contributed by atoms with E-state index in [-0.39, 0.29) is 29.9 Å². The third-order valence-electron chi connectivity index (χ3n) is 6.16. The van der Waals surface area contributed by atoms with Gasteiger partial charge in [-0.2, -0.15) is 5.10 Å². The van der Waals surface area contributed by atoms with Gasteiger partial charge in [0.25, 0.3) is 0 Å². The van der Waals surface area contributed by atoms with Crippen molar-refractivity contribution >= 4 is 29.1 Å².